The zero-order valence-electron chi connectivity index (χ0n) is 17.6. The monoisotopic (exact) mass is 399 g/mol. The van der Waals surface area contributed by atoms with Crippen LogP contribution in [-0.2, 0) is 11.3 Å². The van der Waals surface area contributed by atoms with Gasteiger partial charge in [0.15, 0.2) is 5.96 Å². The minimum absolute atomic E-state index is 0.0402. The summed E-state index contributed by atoms with van der Waals surface area (Å²) in [5.74, 6) is 1.53. The molecule has 1 aliphatic heterocycles. The maximum absolute atomic E-state index is 13.3. The molecule has 1 fully saturated rings. The van der Waals surface area contributed by atoms with Crippen molar-refractivity contribution in [2.45, 2.75) is 32.6 Å². The summed E-state index contributed by atoms with van der Waals surface area (Å²) < 4.78 is 19.4. The number of nitrogens with zero attached hydrogens (tertiary/aromatic N) is 4. The van der Waals surface area contributed by atoms with Gasteiger partial charge in [-0.25, -0.2) is 14.4 Å². The Balaban J connectivity index is 1.80. The van der Waals surface area contributed by atoms with E-state index in [0.717, 1.165) is 36.0 Å². The minimum atomic E-state index is -0.238. The van der Waals surface area contributed by atoms with Gasteiger partial charge >= 0.3 is 0 Å². The fourth-order valence-electron chi connectivity index (χ4n) is 3.53. The Labute approximate surface area is 172 Å². The van der Waals surface area contributed by atoms with Crippen molar-refractivity contribution >= 4 is 11.8 Å². The van der Waals surface area contributed by atoms with Gasteiger partial charge in [-0.15, -0.1) is 0 Å². The second-order valence-electron chi connectivity index (χ2n) is 7.44. The van der Waals surface area contributed by atoms with Crippen LogP contribution in [0, 0.1) is 5.82 Å². The molecule has 0 amide bonds. The second-order valence-corrected chi connectivity index (χ2v) is 7.44. The number of rotatable bonds is 5. The van der Waals surface area contributed by atoms with E-state index < -0.39 is 0 Å². The molecule has 3 rings (SSSR count). The van der Waals surface area contributed by atoms with Crippen LogP contribution >= 0.6 is 0 Å². The smallest absolute Gasteiger partial charge is 0.194 e. The summed E-state index contributed by atoms with van der Waals surface area (Å²) in [6.45, 7) is 6.84. The topological polar surface area (TPSA) is 53.0 Å². The Morgan fingerprint density at radius 2 is 2.03 bits per heavy atom. The van der Waals surface area contributed by atoms with E-state index in [1.807, 2.05) is 25.1 Å². The predicted molar refractivity (Wildman–Crippen MR) is 115 cm³/mol. The van der Waals surface area contributed by atoms with Crippen molar-refractivity contribution in [1.29, 1.82) is 0 Å². The average molecular weight is 400 g/mol. The Bertz CT molecular complexity index is 824. The van der Waals surface area contributed by atoms with Crippen molar-refractivity contribution in [2.75, 3.05) is 38.6 Å². The van der Waals surface area contributed by atoms with Crippen molar-refractivity contribution in [3.05, 3.63) is 59.5 Å². The summed E-state index contributed by atoms with van der Waals surface area (Å²) in [6, 6.07) is 10.5. The molecule has 6 nitrogen and oxygen atoms in total. The van der Waals surface area contributed by atoms with Crippen LogP contribution in [0.5, 0.6) is 0 Å². The molecule has 0 saturated carbocycles. The van der Waals surface area contributed by atoms with E-state index in [1.54, 1.807) is 18.3 Å². The quantitative estimate of drug-likeness (QED) is 0.618. The summed E-state index contributed by atoms with van der Waals surface area (Å²) in [7, 11) is 3.97. The molecule has 1 aromatic heterocycles. The van der Waals surface area contributed by atoms with Gasteiger partial charge in [0.2, 0.25) is 0 Å². The number of anilines is 1. The lowest BCUT2D eigenvalue weighted by Gasteiger charge is -2.38. The van der Waals surface area contributed by atoms with Gasteiger partial charge in [0.1, 0.15) is 17.7 Å². The number of benzene rings is 1. The molecule has 1 saturated heterocycles. The highest BCUT2D eigenvalue weighted by molar-refractivity contribution is 5.80. The number of halogens is 1. The summed E-state index contributed by atoms with van der Waals surface area (Å²) in [5.41, 5.74) is 2.05. The predicted octanol–water partition coefficient (Wildman–Crippen LogP) is 3.21. The van der Waals surface area contributed by atoms with E-state index in [4.69, 9.17) is 9.73 Å². The average Bonchev–Trinajstić information content (AvgIpc) is 2.71. The van der Waals surface area contributed by atoms with E-state index >= 15 is 0 Å². The Hall–Kier alpha value is -2.67. The number of hydrogen-bond donors (Lipinski definition) is 1. The van der Waals surface area contributed by atoms with Crippen LogP contribution in [0.3, 0.4) is 0 Å². The lowest BCUT2D eigenvalue weighted by Crippen LogP contribution is -2.50. The molecule has 1 aromatic carbocycles. The maximum atomic E-state index is 13.3. The highest BCUT2D eigenvalue weighted by atomic mass is 19.1. The number of ether oxygens (including phenoxy) is 1. The third kappa shape index (κ3) is 5.44. The molecule has 0 radical (unpaired) electrons. The lowest BCUT2D eigenvalue weighted by atomic mass is 10.1. The molecule has 2 atom stereocenters. The van der Waals surface area contributed by atoms with Crippen LogP contribution in [0.4, 0.5) is 10.2 Å². The van der Waals surface area contributed by atoms with Gasteiger partial charge in [0.05, 0.1) is 19.2 Å². The van der Waals surface area contributed by atoms with Crippen LogP contribution in [-0.4, -0.2) is 55.7 Å². The van der Waals surface area contributed by atoms with Crippen molar-refractivity contribution < 1.29 is 9.13 Å². The molecule has 1 aliphatic rings. The van der Waals surface area contributed by atoms with Gasteiger partial charge in [-0.2, -0.15) is 0 Å². The van der Waals surface area contributed by atoms with Gasteiger partial charge in [-0.05, 0) is 37.6 Å². The molecule has 156 valence electrons. The molecule has 2 unspecified atom stereocenters. The van der Waals surface area contributed by atoms with Gasteiger partial charge in [-0.1, -0.05) is 18.2 Å². The molecule has 2 aromatic rings. The number of pyridine rings is 1. The van der Waals surface area contributed by atoms with Crippen molar-refractivity contribution in [3.63, 3.8) is 0 Å². The number of nitrogens with one attached hydrogen (secondary N) is 1. The standard InChI is InChI=1S/C22H30FN5O/c1-5-24-22(26-13-18-7-6-12-25-21(18)27(3)4)28-14-16(2)29-20(15-28)17-8-10-19(23)11-9-17/h6-12,16,20H,5,13-15H2,1-4H3,(H,24,26). The zero-order chi connectivity index (χ0) is 20.8. The number of guanidine groups is 1. The first kappa shape index (κ1) is 21.0. The van der Waals surface area contributed by atoms with E-state index in [9.17, 15) is 4.39 Å². The van der Waals surface area contributed by atoms with E-state index in [0.29, 0.717) is 13.1 Å². The lowest BCUT2D eigenvalue weighted by molar-refractivity contribution is -0.0605. The van der Waals surface area contributed by atoms with E-state index in [-0.39, 0.29) is 18.0 Å². The Kier molecular flexibility index (Phi) is 7.04. The number of hydrogen-bond acceptors (Lipinski definition) is 4. The van der Waals surface area contributed by atoms with Gasteiger partial charge in [0.25, 0.3) is 0 Å². The van der Waals surface area contributed by atoms with Crippen LogP contribution in [0.15, 0.2) is 47.6 Å². The maximum Gasteiger partial charge on any atom is 0.194 e. The first-order chi connectivity index (χ1) is 14.0. The SMILES string of the molecule is CCNC(=NCc1cccnc1N(C)C)N1CC(C)OC(c2ccc(F)cc2)C1. The Morgan fingerprint density at radius 3 is 2.72 bits per heavy atom. The molecule has 0 aliphatic carbocycles. The van der Waals surface area contributed by atoms with E-state index in [2.05, 4.69) is 35.1 Å². The van der Waals surface area contributed by atoms with Crippen LogP contribution < -0.4 is 10.2 Å². The first-order valence-corrected chi connectivity index (χ1v) is 10.0. The fourth-order valence-corrected chi connectivity index (χ4v) is 3.53. The molecule has 0 spiro atoms. The molecule has 29 heavy (non-hydrogen) atoms. The third-order valence-corrected chi connectivity index (χ3v) is 4.83. The molecule has 2 heterocycles. The first-order valence-electron chi connectivity index (χ1n) is 10.0. The highest BCUT2D eigenvalue weighted by Gasteiger charge is 2.28. The van der Waals surface area contributed by atoms with E-state index in [1.165, 1.54) is 12.1 Å². The van der Waals surface area contributed by atoms with Crippen molar-refractivity contribution in [1.82, 2.24) is 15.2 Å². The summed E-state index contributed by atoms with van der Waals surface area (Å²) in [5, 5.41) is 3.40. The third-order valence-electron chi connectivity index (χ3n) is 4.83. The molecular formula is C22H30FN5O. The normalized spacial score (nSPS) is 19.9. The summed E-state index contributed by atoms with van der Waals surface area (Å²) in [6.07, 6.45) is 1.71. The van der Waals surface area contributed by atoms with Crippen LogP contribution in [0.1, 0.15) is 31.1 Å². The molecule has 7 heteroatoms. The largest absolute Gasteiger partial charge is 0.367 e. The summed E-state index contributed by atoms with van der Waals surface area (Å²) in [4.78, 5) is 13.6. The number of aromatic nitrogens is 1. The van der Waals surface area contributed by atoms with Crippen molar-refractivity contribution in [2.24, 2.45) is 4.99 Å². The Morgan fingerprint density at radius 1 is 1.28 bits per heavy atom. The van der Waals surface area contributed by atoms with Crippen molar-refractivity contribution in [3.8, 4) is 0 Å². The van der Waals surface area contributed by atoms with Gasteiger partial charge in [0, 0.05) is 38.9 Å². The molecule has 0 bridgehead atoms. The van der Waals surface area contributed by atoms with Crippen LogP contribution in [0.25, 0.3) is 0 Å². The highest BCUT2D eigenvalue weighted by Crippen LogP contribution is 2.26. The number of aliphatic imine (C=N–C) groups is 1. The van der Waals surface area contributed by atoms with Gasteiger partial charge in [-0.3, -0.25) is 0 Å². The summed E-state index contributed by atoms with van der Waals surface area (Å²) >= 11 is 0. The second kappa shape index (κ2) is 9.69. The molecular weight excluding hydrogens is 369 g/mol. The zero-order valence-corrected chi connectivity index (χ0v) is 17.6. The molecule has 1 N–H and O–H groups in total. The minimum Gasteiger partial charge on any atom is -0.367 e. The number of morpholine rings is 1. The van der Waals surface area contributed by atoms with Crippen LogP contribution in [0.2, 0.25) is 0 Å². The fraction of sp³-hybridized carbons (Fsp3) is 0.455. The van der Waals surface area contributed by atoms with Gasteiger partial charge < -0.3 is 19.9 Å².